The van der Waals surface area contributed by atoms with Crippen LogP contribution >= 0.6 is 0 Å². The Morgan fingerprint density at radius 1 is 1.21 bits per heavy atom. The van der Waals surface area contributed by atoms with Crippen molar-refractivity contribution in [2.75, 3.05) is 13.7 Å². The molecule has 1 unspecified atom stereocenters. The van der Waals surface area contributed by atoms with Gasteiger partial charge >= 0.3 is 0 Å². The fraction of sp³-hybridized carbons (Fsp3) is 0.381. The Morgan fingerprint density at radius 3 is 2.59 bits per heavy atom. The third-order valence-corrected chi connectivity index (χ3v) is 7.16. The lowest BCUT2D eigenvalue weighted by molar-refractivity contribution is 0.0950. The van der Waals surface area contributed by atoms with Crippen LogP contribution in [0, 0.1) is 5.82 Å². The van der Waals surface area contributed by atoms with E-state index in [0.29, 0.717) is 6.54 Å². The molecule has 1 fully saturated rings. The summed E-state index contributed by atoms with van der Waals surface area (Å²) in [6.07, 6.45) is 2.61. The summed E-state index contributed by atoms with van der Waals surface area (Å²) in [4.78, 5) is 12.6. The number of amides is 1. The molecule has 0 saturated carbocycles. The van der Waals surface area contributed by atoms with Gasteiger partial charge in [0.2, 0.25) is 10.0 Å². The van der Waals surface area contributed by atoms with Gasteiger partial charge < -0.3 is 10.1 Å². The largest absolute Gasteiger partial charge is 0.495 e. The van der Waals surface area contributed by atoms with Gasteiger partial charge in [0.25, 0.3) is 5.91 Å². The number of nitrogens with zero attached hydrogens (tertiary/aromatic N) is 1. The van der Waals surface area contributed by atoms with Crippen molar-refractivity contribution in [1.82, 2.24) is 9.62 Å². The predicted octanol–water partition coefficient (Wildman–Crippen LogP) is 3.33. The highest BCUT2D eigenvalue weighted by molar-refractivity contribution is 7.89. The molecule has 2 aromatic rings. The van der Waals surface area contributed by atoms with Crippen molar-refractivity contribution >= 4 is 15.9 Å². The third kappa shape index (κ3) is 4.76. The molecule has 1 N–H and O–H groups in total. The van der Waals surface area contributed by atoms with E-state index in [2.05, 4.69) is 5.32 Å². The number of piperidine rings is 1. The van der Waals surface area contributed by atoms with E-state index in [4.69, 9.17) is 4.74 Å². The van der Waals surface area contributed by atoms with Gasteiger partial charge in [0, 0.05) is 24.7 Å². The molecule has 0 bridgehead atoms. The summed E-state index contributed by atoms with van der Waals surface area (Å²) in [6, 6.07) is 10.1. The van der Waals surface area contributed by atoms with Crippen LogP contribution in [-0.4, -0.2) is 38.3 Å². The first-order valence-electron chi connectivity index (χ1n) is 9.55. The third-order valence-electron chi connectivity index (χ3n) is 5.12. The number of hydrogen-bond acceptors (Lipinski definition) is 4. The van der Waals surface area contributed by atoms with Crippen LogP contribution in [0.3, 0.4) is 0 Å². The van der Waals surface area contributed by atoms with E-state index in [1.54, 1.807) is 12.1 Å². The number of sulfonamides is 1. The molecule has 6 nitrogen and oxygen atoms in total. The molecule has 0 aromatic heterocycles. The minimum Gasteiger partial charge on any atom is -0.495 e. The van der Waals surface area contributed by atoms with Gasteiger partial charge in [-0.1, -0.05) is 18.6 Å². The van der Waals surface area contributed by atoms with Gasteiger partial charge in [-0.3, -0.25) is 4.79 Å². The highest BCUT2D eigenvalue weighted by Crippen LogP contribution is 2.31. The summed E-state index contributed by atoms with van der Waals surface area (Å²) in [7, 11) is -2.39. The highest BCUT2D eigenvalue weighted by atomic mass is 32.2. The normalized spacial score (nSPS) is 17.7. The summed E-state index contributed by atoms with van der Waals surface area (Å²) in [5, 5.41) is 2.73. The Labute approximate surface area is 170 Å². The van der Waals surface area contributed by atoms with Crippen LogP contribution < -0.4 is 10.1 Å². The zero-order valence-corrected chi connectivity index (χ0v) is 17.3. The molecule has 1 saturated heterocycles. The highest BCUT2D eigenvalue weighted by Gasteiger charge is 2.33. The number of carbonyl (C=O) groups excluding carboxylic acids is 1. The number of benzene rings is 2. The zero-order valence-electron chi connectivity index (χ0n) is 16.5. The van der Waals surface area contributed by atoms with Crippen molar-refractivity contribution in [3.05, 3.63) is 59.4 Å². The average molecular weight is 421 g/mol. The Balaban J connectivity index is 1.84. The molecule has 29 heavy (non-hydrogen) atoms. The Kier molecular flexibility index (Phi) is 6.54. The Hall–Kier alpha value is -2.45. The first-order chi connectivity index (χ1) is 13.8. The molecular formula is C21H25FN2O4S. The SMILES string of the molecule is COc1ccc(C(=O)NCc2ccc(F)cc2)cc1S(=O)(=O)N1CCCCC1C. The smallest absolute Gasteiger partial charge is 0.251 e. The number of nitrogens with one attached hydrogen (secondary N) is 1. The lowest BCUT2D eigenvalue weighted by atomic mass is 10.1. The van der Waals surface area contributed by atoms with E-state index in [-0.39, 0.29) is 34.6 Å². The van der Waals surface area contributed by atoms with Crippen LogP contribution in [0.1, 0.15) is 42.1 Å². The molecule has 0 radical (unpaired) electrons. The number of ether oxygens (including phenoxy) is 1. The second-order valence-electron chi connectivity index (χ2n) is 7.14. The van der Waals surface area contributed by atoms with E-state index in [9.17, 15) is 17.6 Å². The zero-order chi connectivity index (χ0) is 21.0. The van der Waals surface area contributed by atoms with Crippen LogP contribution in [0.15, 0.2) is 47.4 Å². The Bertz CT molecular complexity index is 977. The summed E-state index contributed by atoms with van der Waals surface area (Å²) >= 11 is 0. The monoisotopic (exact) mass is 420 g/mol. The van der Waals surface area contributed by atoms with Crippen molar-refractivity contribution < 1.29 is 22.3 Å². The van der Waals surface area contributed by atoms with Gasteiger partial charge in [-0.2, -0.15) is 4.31 Å². The molecule has 2 aromatic carbocycles. The first kappa shape index (κ1) is 21.3. The van der Waals surface area contributed by atoms with Crippen LogP contribution in [-0.2, 0) is 16.6 Å². The minimum atomic E-state index is -3.80. The average Bonchev–Trinajstić information content (AvgIpc) is 2.72. The summed E-state index contributed by atoms with van der Waals surface area (Å²) < 4.78 is 46.2. The maximum atomic E-state index is 13.2. The maximum Gasteiger partial charge on any atom is 0.251 e. The predicted molar refractivity (Wildman–Crippen MR) is 108 cm³/mol. The van der Waals surface area contributed by atoms with Gasteiger partial charge in [0.1, 0.15) is 16.5 Å². The molecular weight excluding hydrogens is 395 g/mol. The maximum absolute atomic E-state index is 13.2. The molecule has 1 amide bonds. The number of halogens is 1. The van der Waals surface area contributed by atoms with E-state index in [0.717, 1.165) is 24.8 Å². The molecule has 1 atom stereocenters. The number of carbonyl (C=O) groups is 1. The van der Waals surface area contributed by atoms with E-state index < -0.39 is 15.9 Å². The lowest BCUT2D eigenvalue weighted by Crippen LogP contribution is -2.42. The van der Waals surface area contributed by atoms with Gasteiger partial charge in [-0.05, 0) is 55.7 Å². The second-order valence-corrected chi connectivity index (χ2v) is 8.99. The molecule has 156 valence electrons. The van der Waals surface area contributed by atoms with E-state index in [1.165, 1.54) is 41.7 Å². The van der Waals surface area contributed by atoms with Crippen LogP contribution in [0.4, 0.5) is 4.39 Å². The van der Waals surface area contributed by atoms with Gasteiger partial charge in [0.05, 0.1) is 7.11 Å². The number of hydrogen-bond donors (Lipinski definition) is 1. The van der Waals surface area contributed by atoms with Crippen molar-refractivity contribution in [3.8, 4) is 5.75 Å². The van der Waals surface area contributed by atoms with Crippen molar-refractivity contribution in [3.63, 3.8) is 0 Å². The molecule has 0 spiro atoms. The molecule has 1 heterocycles. The van der Waals surface area contributed by atoms with E-state index >= 15 is 0 Å². The quantitative estimate of drug-likeness (QED) is 0.778. The van der Waals surface area contributed by atoms with Gasteiger partial charge in [-0.15, -0.1) is 0 Å². The number of methoxy groups -OCH3 is 1. The van der Waals surface area contributed by atoms with Crippen LogP contribution in [0.2, 0.25) is 0 Å². The lowest BCUT2D eigenvalue weighted by Gasteiger charge is -2.32. The topological polar surface area (TPSA) is 75.7 Å². The summed E-state index contributed by atoms with van der Waals surface area (Å²) in [6.45, 7) is 2.55. The van der Waals surface area contributed by atoms with Crippen LogP contribution in [0.25, 0.3) is 0 Å². The molecule has 1 aliphatic heterocycles. The second kappa shape index (κ2) is 8.92. The molecule has 3 rings (SSSR count). The van der Waals surface area contributed by atoms with Crippen molar-refractivity contribution in [2.24, 2.45) is 0 Å². The van der Waals surface area contributed by atoms with Gasteiger partial charge in [0.15, 0.2) is 0 Å². The molecule has 8 heteroatoms. The van der Waals surface area contributed by atoms with E-state index in [1.807, 2.05) is 6.92 Å². The molecule has 1 aliphatic rings. The standard InChI is InChI=1S/C21H25FN2O4S/c1-15-5-3-4-12-24(15)29(26,27)20-13-17(8-11-19(20)28-2)21(25)23-14-16-6-9-18(22)10-7-16/h6-11,13,15H,3-5,12,14H2,1-2H3,(H,23,25). The van der Waals surface area contributed by atoms with Crippen molar-refractivity contribution in [2.45, 2.75) is 43.7 Å². The Morgan fingerprint density at radius 2 is 1.93 bits per heavy atom. The summed E-state index contributed by atoms with van der Waals surface area (Å²) in [5.41, 5.74) is 0.958. The first-order valence-corrected chi connectivity index (χ1v) is 11.0. The fourth-order valence-corrected chi connectivity index (χ4v) is 5.34. The van der Waals surface area contributed by atoms with Gasteiger partial charge in [-0.25, -0.2) is 12.8 Å². The summed E-state index contributed by atoms with van der Waals surface area (Å²) in [5.74, 6) is -0.560. The van der Waals surface area contributed by atoms with Crippen molar-refractivity contribution in [1.29, 1.82) is 0 Å². The minimum absolute atomic E-state index is 0.0109. The van der Waals surface area contributed by atoms with Crippen LogP contribution in [0.5, 0.6) is 5.75 Å². The number of rotatable bonds is 6. The fourth-order valence-electron chi connectivity index (χ4n) is 3.46. The molecule has 0 aliphatic carbocycles.